The molecule has 5 rings (SSSR count). The van der Waals surface area contributed by atoms with Crippen LogP contribution < -0.4 is 9.64 Å². The standard InChI is InChI=1S/C23H26N4O4S2/c1-2-3-12-31-16-8-9-18-20(14-16)32-23(24-18)26-25-19-13-15-6-4-10-27-11-5-7-17(21(15)27)22(19)33(28,29)30/h8-9,13-14H,2-7,10-12H2,1H3,(H,28,29,30). The number of fused-ring (bicyclic) bond motifs is 1. The summed E-state index contributed by atoms with van der Waals surface area (Å²) >= 11 is 1.36. The van der Waals surface area contributed by atoms with Crippen molar-refractivity contribution in [2.45, 2.75) is 50.3 Å². The van der Waals surface area contributed by atoms with E-state index >= 15 is 0 Å². The number of unbranched alkanes of at least 4 members (excludes halogenated alkanes) is 1. The number of aromatic nitrogens is 1. The van der Waals surface area contributed by atoms with Gasteiger partial charge in [-0.1, -0.05) is 24.7 Å². The predicted octanol–water partition coefficient (Wildman–Crippen LogP) is 5.84. The molecule has 0 amide bonds. The zero-order valence-corrected chi connectivity index (χ0v) is 20.1. The van der Waals surface area contributed by atoms with Gasteiger partial charge in [-0.15, -0.1) is 10.2 Å². The molecule has 0 aliphatic carbocycles. The van der Waals surface area contributed by atoms with Crippen molar-refractivity contribution >= 4 is 48.2 Å². The van der Waals surface area contributed by atoms with E-state index in [2.05, 4.69) is 27.0 Å². The van der Waals surface area contributed by atoms with E-state index < -0.39 is 10.1 Å². The summed E-state index contributed by atoms with van der Waals surface area (Å²) < 4.78 is 41.4. The van der Waals surface area contributed by atoms with Crippen LogP contribution in [0.25, 0.3) is 10.2 Å². The molecule has 0 radical (unpaired) electrons. The van der Waals surface area contributed by atoms with Gasteiger partial charge in [-0.3, -0.25) is 4.55 Å². The molecular weight excluding hydrogens is 460 g/mol. The van der Waals surface area contributed by atoms with Crippen molar-refractivity contribution in [1.29, 1.82) is 0 Å². The molecule has 0 saturated carbocycles. The molecule has 33 heavy (non-hydrogen) atoms. The van der Waals surface area contributed by atoms with Gasteiger partial charge in [0.25, 0.3) is 10.1 Å². The van der Waals surface area contributed by atoms with E-state index in [-0.39, 0.29) is 10.6 Å². The maximum absolute atomic E-state index is 12.4. The molecule has 0 unspecified atom stereocenters. The summed E-state index contributed by atoms with van der Waals surface area (Å²) in [5.41, 5.74) is 3.64. The molecule has 1 aromatic heterocycles. The topological polar surface area (TPSA) is 104 Å². The number of hydrogen-bond donors (Lipinski definition) is 1. The number of thiazole rings is 1. The Balaban J connectivity index is 1.51. The second-order valence-corrected chi connectivity index (χ2v) is 10.8. The average molecular weight is 487 g/mol. The monoisotopic (exact) mass is 486 g/mol. The first-order valence-corrected chi connectivity index (χ1v) is 13.6. The maximum Gasteiger partial charge on any atom is 0.297 e. The number of ether oxygens (including phenoxy) is 1. The van der Waals surface area contributed by atoms with Gasteiger partial charge < -0.3 is 9.64 Å². The van der Waals surface area contributed by atoms with Crippen molar-refractivity contribution in [3.8, 4) is 5.75 Å². The van der Waals surface area contributed by atoms with Gasteiger partial charge in [0.2, 0.25) is 5.13 Å². The number of aryl methyl sites for hydroxylation is 1. The minimum absolute atomic E-state index is 0.121. The Morgan fingerprint density at radius 3 is 2.79 bits per heavy atom. The van der Waals surface area contributed by atoms with E-state index in [9.17, 15) is 13.0 Å². The van der Waals surface area contributed by atoms with Gasteiger partial charge in [-0.05, 0) is 67.5 Å². The number of rotatable bonds is 7. The third kappa shape index (κ3) is 4.47. The third-order valence-corrected chi connectivity index (χ3v) is 7.94. The summed E-state index contributed by atoms with van der Waals surface area (Å²) in [6.45, 7) is 4.60. The van der Waals surface area contributed by atoms with Crippen molar-refractivity contribution in [3.63, 3.8) is 0 Å². The first kappa shape index (κ1) is 22.2. The van der Waals surface area contributed by atoms with E-state index in [0.29, 0.717) is 23.7 Å². The van der Waals surface area contributed by atoms with Crippen LogP contribution in [0.5, 0.6) is 5.75 Å². The van der Waals surface area contributed by atoms with Crippen LogP contribution in [0.15, 0.2) is 39.4 Å². The van der Waals surface area contributed by atoms with E-state index in [0.717, 1.165) is 72.4 Å². The normalized spacial score (nSPS) is 15.9. The van der Waals surface area contributed by atoms with E-state index in [4.69, 9.17) is 4.74 Å². The minimum atomic E-state index is -4.46. The fourth-order valence-electron chi connectivity index (χ4n) is 4.63. The van der Waals surface area contributed by atoms with Gasteiger partial charge in [0.15, 0.2) is 0 Å². The number of benzene rings is 2. The van der Waals surface area contributed by atoms with Gasteiger partial charge in [-0.25, -0.2) is 4.98 Å². The molecule has 0 atom stereocenters. The van der Waals surface area contributed by atoms with Crippen LogP contribution in [-0.4, -0.2) is 37.7 Å². The second-order valence-electron chi connectivity index (χ2n) is 8.41. The second kappa shape index (κ2) is 9.00. The lowest BCUT2D eigenvalue weighted by molar-refractivity contribution is 0.310. The zero-order valence-electron chi connectivity index (χ0n) is 18.5. The van der Waals surface area contributed by atoms with Crippen LogP contribution in [0.1, 0.15) is 43.7 Å². The predicted molar refractivity (Wildman–Crippen MR) is 129 cm³/mol. The number of hydrogen-bond acceptors (Lipinski definition) is 8. The molecule has 10 heteroatoms. The number of nitrogens with zero attached hydrogens (tertiary/aromatic N) is 4. The Kier molecular flexibility index (Phi) is 6.07. The van der Waals surface area contributed by atoms with Crippen LogP contribution in [0.4, 0.5) is 16.5 Å². The molecule has 0 fully saturated rings. The molecule has 1 N–H and O–H groups in total. The van der Waals surface area contributed by atoms with Crippen molar-refractivity contribution in [2.75, 3.05) is 24.6 Å². The smallest absolute Gasteiger partial charge is 0.297 e. The summed E-state index contributed by atoms with van der Waals surface area (Å²) in [7, 11) is -4.46. The number of anilines is 1. The maximum atomic E-state index is 12.4. The quantitative estimate of drug-likeness (QED) is 0.256. The highest BCUT2D eigenvalue weighted by Crippen LogP contribution is 2.44. The summed E-state index contributed by atoms with van der Waals surface area (Å²) in [5.74, 6) is 0.787. The summed E-state index contributed by atoms with van der Waals surface area (Å²) in [6, 6.07) is 7.46. The Morgan fingerprint density at radius 1 is 1.18 bits per heavy atom. The van der Waals surface area contributed by atoms with Crippen LogP contribution in [0, 0.1) is 0 Å². The molecule has 0 saturated heterocycles. The van der Waals surface area contributed by atoms with Crippen molar-refractivity contribution in [3.05, 3.63) is 35.4 Å². The molecule has 174 valence electrons. The van der Waals surface area contributed by atoms with Gasteiger partial charge in [-0.2, -0.15) is 8.42 Å². The van der Waals surface area contributed by atoms with Crippen LogP contribution in [-0.2, 0) is 23.0 Å². The Bertz CT molecular complexity index is 1330. The first-order chi connectivity index (χ1) is 15.9. The number of azo groups is 1. The summed E-state index contributed by atoms with van der Waals surface area (Å²) in [4.78, 5) is 6.60. The molecule has 8 nitrogen and oxygen atoms in total. The lowest BCUT2D eigenvalue weighted by atomic mass is 9.91. The summed E-state index contributed by atoms with van der Waals surface area (Å²) in [6.07, 6.45) is 5.37. The van der Waals surface area contributed by atoms with Crippen LogP contribution >= 0.6 is 11.3 Å². The minimum Gasteiger partial charge on any atom is -0.494 e. The fraction of sp³-hybridized carbons (Fsp3) is 0.435. The van der Waals surface area contributed by atoms with Gasteiger partial charge in [0.1, 0.15) is 16.3 Å². The van der Waals surface area contributed by atoms with Crippen LogP contribution in [0.3, 0.4) is 0 Å². The third-order valence-electron chi connectivity index (χ3n) is 6.07. The molecular formula is C23H26N4O4S2. The molecule has 3 aromatic rings. The van der Waals surface area contributed by atoms with Crippen LogP contribution in [0.2, 0.25) is 0 Å². The Morgan fingerprint density at radius 2 is 2.00 bits per heavy atom. The Labute approximate surface area is 197 Å². The lowest BCUT2D eigenvalue weighted by Gasteiger charge is -2.37. The molecule has 3 heterocycles. The SMILES string of the molecule is CCCCOc1ccc2nc(N=Nc3cc4c5c(c3S(=O)(=O)O)CCCN5CCC4)sc2c1. The Hall–Kier alpha value is -2.56. The molecule has 2 aromatic carbocycles. The van der Waals surface area contributed by atoms with E-state index in [1.165, 1.54) is 11.3 Å². The highest BCUT2D eigenvalue weighted by molar-refractivity contribution is 7.86. The molecule has 2 aliphatic rings. The largest absolute Gasteiger partial charge is 0.494 e. The fourth-order valence-corrected chi connectivity index (χ4v) is 6.32. The van der Waals surface area contributed by atoms with Crippen molar-refractivity contribution in [1.82, 2.24) is 4.98 Å². The zero-order chi connectivity index (χ0) is 23.0. The average Bonchev–Trinajstić information content (AvgIpc) is 3.19. The molecule has 2 aliphatic heterocycles. The van der Waals surface area contributed by atoms with Crippen molar-refractivity contribution in [2.24, 2.45) is 10.2 Å². The lowest BCUT2D eigenvalue weighted by Crippen LogP contribution is -2.35. The molecule has 0 spiro atoms. The highest BCUT2D eigenvalue weighted by Gasteiger charge is 2.32. The summed E-state index contributed by atoms with van der Waals surface area (Å²) in [5, 5.41) is 8.95. The van der Waals surface area contributed by atoms with Gasteiger partial charge in [0.05, 0.1) is 16.8 Å². The first-order valence-electron chi connectivity index (χ1n) is 11.3. The van der Waals surface area contributed by atoms with Gasteiger partial charge >= 0.3 is 0 Å². The molecule has 0 bridgehead atoms. The van der Waals surface area contributed by atoms with E-state index in [1.54, 1.807) is 6.07 Å². The highest BCUT2D eigenvalue weighted by atomic mass is 32.2. The van der Waals surface area contributed by atoms with E-state index in [1.807, 2.05) is 18.2 Å². The van der Waals surface area contributed by atoms with Gasteiger partial charge in [0, 0.05) is 18.8 Å². The van der Waals surface area contributed by atoms with Crippen molar-refractivity contribution < 1.29 is 17.7 Å².